The van der Waals surface area contributed by atoms with E-state index in [2.05, 4.69) is 5.32 Å². The Morgan fingerprint density at radius 3 is 2.94 bits per heavy atom. The zero-order valence-electron chi connectivity index (χ0n) is 9.37. The number of nitrogens with one attached hydrogen (secondary N) is 1. The highest BCUT2D eigenvalue weighted by atomic mass is 35.5. The predicted octanol–water partition coefficient (Wildman–Crippen LogP) is 2.65. The van der Waals surface area contributed by atoms with Crippen LogP contribution in [0.3, 0.4) is 0 Å². The molecule has 0 heterocycles. The van der Waals surface area contributed by atoms with Crippen LogP contribution in [-0.2, 0) is 4.79 Å². The molecule has 0 radical (unpaired) electrons. The minimum Gasteiger partial charge on any atom is -0.330 e. The second-order valence-corrected chi connectivity index (χ2v) is 4.37. The highest BCUT2D eigenvalue weighted by Gasteiger charge is 2.05. The van der Waals surface area contributed by atoms with E-state index >= 15 is 0 Å². The molecule has 3 N–H and O–H groups in total. The molecule has 1 aromatic carbocycles. The number of amides is 1. The lowest BCUT2D eigenvalue weighted by Crippen LogP contribution is -2.16. The summed E-state index contributed by atoms with van der Waals surface area (Å²) in [6, 6.07) is 7.12. The van der Waals surface area contributed by atoms with Gasteiger partial charge in [-0.05, 0) is 37.1 Å². The Balaban J connectivity index is 2.40. The van der Waals surface area contributed by atoms with Crippen LogP contribution in [0, 0.1) is 5.92 Å². The van der Waals surface area contributed by atoms with Crippen molar-refractivity contribution >= 4 is 23.2 Å². The summed E-state index contributed by atoms with van der Waals surface area (Å²) in [6.07, 6.45) is 1.30. The highest BCUT2D eigenvalue weighted by Crippen LogP contribution is 2.15. The number of halogens is 1. The van der Waals surface area contributed by atoms with Gasteiger partial charge in [-0.15, -0.1) is 0 Å². The lowest BCUT2D eigenvalue weighted by molar-refractivity contribution is -0.116. The molecule has 1 unspecified atom stereocenters. The number of anilines is 1. The number of nitrogens with two attached hydrogens (primary N) is 1. The summed E-state index contributed by atoms with van der Waals surface area (Å²) in [7, 11) is 0. The van der Waals surface area contributed by atoms with E-state index < -0.39 is 0 Å². The van der Waals surface area contributed by atoms with Gasteiger partial charge in [-0.1, -0.05) is 24.6 Å². The smallest absolute Gasteiger partial charge is 0.224 e. The standard InChI is InChI=1S/C12H17ClN2O/c1-9(8-14)5-6-12(16)15-11-4-2-3-10(13)7-11/h2-4,7,9H,5-6,8,14H2,1H3,(H,15,16). The third kappa shape index (κ3) is 4.64. The highest BCUT2D eigenvalue weighted by molar-refractivity contribution is 6.30. The van der Waals surface area contributed by atoms with Crippen LogP contribution < -0.4 is 11.1 Å². The molecule has 1 amide bonds. The van der Waals surface area contributed by atoms with Gasteiger partial charge in [-0.2, -0.15) is 0 Å². The van der Waals surface area contributed by atoms with Crippen molar-refractivity contribution in [3.8, 4) is 0 Å². The molecule has 0 bridgehead atoms. The molecule has 0 aliphatic rings. The zero-order chi connectivity index (χ0) is 12.0. The summed E-state index contributed by atoms with van der Waals surface area (Å²) in [4.78, 5) is 11.5. The van der Waals surface area contributed by atoms with Crippen molar-refractivity contribution in [2.75, 3.05) is 11.9 Å². The SMILES string of the molecule is CC(CN)CCC(=O)Nc1cccc(Cl)c1. The fourth-order valence-electron chi connectivity index (χ4n) is 1.29. The number of carbonyl (C=O) groups excluding carboxylic acids is 1. The molecule has 0 fully saturated rings. The second-order valence-electron chi connectivity index (χ2n) is 3.94. The first-order valence-corrected chi connectivity index (χ1v) is 5.75. The largest absolute Gasteiger partial charge is 0.330 e. The Hall–Kier alpha value is -1.06. The Kier molecular flexibility index (Phi) is 5.29. The van der Waals surface area contributed by atoms with E-state index in [1.165, 1.54) is 0 Å². The monoisotopic (exact) mass is 240 g/mol. The Bertz CT molecular complexity index is 355. The van der Waals surface area contributed by atoms with Crippen molar-refractivity contribution in [1.29, 1.82) is 0 Å². The van der Waals surface area contributed by atoms with Crippen molar-refractivity contribution < 1.29 is 4.79 Å². The van der Waals surface area contributed by atoms with Crippen molar-refractivity contribution in [3.63, 3.8) is 0 Å². The first-order chi connectivity index (χ1) is 7.61. The van der Waals surface area contributed by atoms with E-state index in [0.29, 0.717) is 23.9 Å². The topological polar surface area (TPSA) is 55.1 Å². The summed E-state index contributed by atoms with van der Waals surface area (Å²) in [5.41, 5.74) is 6.22. The van der Waals surface area contributed by atoms with Crippen LogP contribution in [0.4, 0.5) is 5.69 Å². The molecular weight excluding hydrogens is 224 g/mol. The van der Waals surface area contributed by atoms with Gasteiger partial charge in [0, 0.05) is 17.1 Å². The molecule has 0 saturated heterocycles. The van der Waals surface area contributed by atoms with E-state index in [-0.39, 0.29) is 5.91 Å². The van der Waals surface area contributed by atoms with Crippen LogP contribution in [0.2, 0.25) is 5.02 Å². The van der Waals surface area contributed by atoms with Crippen LogP contribution in [0.1, 0.15) is 19.8 Å². The summed E-state index contributed by atoms with van der Waals surface area (Å²) in [5, 5.41) is 3.42. The lowest BCUT2D eigenvalue weighted by atomic mass is 10.1. The van der Waals surface area contributed by atoms with Crippen molar-refractivity contribution in [3.05, 3.63) is 29.3 Å². The van der Waals surface area contributed by atoms with E-state index in [1.807, 2.05) is 13.0 Å². The fraction of sp³-hybridized carbons (Fsp3) is 0.417. The molecule has 0 spiro atoms. The predicted molar refractivity (Wildman–Crippen MR) is 67.5 cm³/mol. The fourth-order valence-corrected chi connectivity index (χ4v) is 1.48. The molecule has 1 aromatic rings. The normalized spacial score (nSPS) is 12.2. The van der Waals surface area contributed by atoms with Crippen LogP contribution in [-0.4, -0.2) is 12.5 Å². The maximum atomic E-state index is 11.5. The quantitative estimate of drug-likeness (QED) is 0.832. The van der Waals surface area contributed by atoms with E-state index in [1.54, 1.807) is 18.2 Å². The van der Waals surface area contributed by atoms with Crippen LogP contribution in [0.25, 0.3) is 0 Å². The minimum atomic E-state index is 0.00238. The zero-order valence-corrected chi connectivity index (χ0v) is 10.1. The van der Waals surface area contributed by atoms with E-state index in [4.69, 9.17) is 17.3 Å². The summed E-state index contributed by atoms with van der Waals surface area (Å²) in [5.74, 6) is 0.382. The Morgan fingerprint density at radius 1 is 1.56 bits per heavy atom. The van der Waals surface area contributed by atoms with Gasteiger partial charge in [0.25, 0.3) is 0 Å². The van der Waals surface area contributed by atoms with Gasteiger partial charge in [0.05, 0.1) is 0 Å². The number of carbonyl (C=O) groups is 1. The summed E-state index contributed by atoms with van der Waals surface area (Å²) < 4.78 is 0. The van der Waals surface area contributed by atoms with Crippen molar-refractivity contribution in [1.82, 2.24) is 0 Å². The van der Waals surface area contributed by atoms with Gasteiger partial charge in [-0.3, -0.25) is 4.79 Å². The number of hydrogen-bond donors (Lipinski definition) is 2. The molecule has 16 heavy (non-hydrogen) atoms. The van der Waals surface area contributed by atoms with Crippen molar-refractivity contribution in [2.45, 2.75) is 19.8 Å². The number of hydrogen-bond acceptors (Lipinski definition) is 2. The maximum Gasteiger partial charge on any atom is 0.224 e. The van der Waals surface area contributed by atoms with Gasteiger partial charge in [0.15, 0.2) is 0 Å². The molecule has 0 saturated carbocycles. The first-order valence-electron chi connectivity index (χ1n) is 5.37. The molecule has 1 rings (SSSR count). The molecule has 3 nitrogen and oxygen atoms in total. The molecular formula is C12H17ClN2O. The lowest BCUT2D eigenvalue weighted by Gasteiger charge is -2.08. The summed E-state index contributed by atoms with van der Waals surface area (Å²) in [6.45, 7) is 2.65. The third-order valence-electron chi connectivity index (χ3n) is 2.37. The van der Waals surface area contributed by atoms with Gasteiger partial charge in [0.2, 0.25) is 5.91 Å². The van der Waals surface area contributed by atoms with E-state index in [9.17, 15) is 4.79 Å². The minimum absolute atomic E-state index is 0.00238. The van der Waals surface area contributed by atoms with Gasteiger partial charge in [-0.25, -0.2) is 0 Å². The number of benzene rings is 1. The van der Waals surface area contributed by atoms with Crippen molar-refractivity contribution in [2.24, 2.45) is 11.7 Å². The number of rotatable bonds is 5. The van der Waals surface area contributed by atoms with Gasteiger partial charge >= 0.3 is 0 Å². The van der Waals surface area contributed by atoms with Crippen LogP contribution >= 0.6 is 11.6 Å². The summed E-state index contributed by atoms with van der Waals surface area (Å²) >= 11 is 5.81. The first kappa shape index (κ1) is 13.0. The second kappa shape index (κ2) is 6.51. The molecule has 1 atom stereocenters. The molecule has 0 aliphatic heterocycles. The average Bonchev–Trinajstić information content (AvgIpc) is 2.26. The molecule has 4 heteroatoms. The molecule has 0 aliphatic carbocycles. The van der Waals surface area contributed by atoms with E-state index in [0.717, 1.165) is 12.1 Å². The van der Waals surface area contributed by atoms with Gasteiger partial charge < -0.3 is 11.1 Å². The maximum absolute atomic E-state index is 11.5. The third-order valence-corrected chi connectivity index (χ3v) is 2.61. The Labute approximate surface area is 101 Å². The van der Waals surface area contributed by atoms with Crippen LogP contribution in [0.15, 0.2) is 24.3 Å². The molecule has 0 aromatic heterocycles. The molecule has 88 valence electrons. The van der Waals surface area contributed by atoms with Gasteiger partial charge in [0.1, 0.15) is 0 Å². The Morgan fingerprint density at radius 2 is 2.31 bits per heavy atom. The average molecular weight is 241 g/mol. The van der Waals surface area contributed by atoms with Crippen LogP contribution in [0.5, 0.6) is 0 Å².